The van der Waals surface area contributed by atoms with Gasteiger partial charge in [-0.3, -0.25) is 9.59 Å². The molecular weight excluding hydrogens is 364 g/mol. The van der Waals surface area contributed by atoms with E-state index in [1.807, 2.05) is 36.5 Å². The first-order valence-electron chi connectivity index (χ1n) is 10.6. The van der Waals surface area contributed by atoms with E-state index in [0.29, 0.717) is 12.3 Å². The standard InChI is InChI=1S/C23H26N4O2/c28-22(13-16-14-24-21-4-2-1-3-19(16)21)25-17-7-9-18(10-8-17)27-23(29)12-11-20(26-27)15-5-6-15/h1-4,11-12,14-15,17-18,24H,5-10,13H2,(H,25,28). The molecule has 6 heteroatoms. The van der Waals surface area contributed by atoms with Crippen LogP contribution in [0.15, 0.2) is 47.4 Å². The molecule has 0 spiro atoms. The first kappa shape index (κ1) is 18.2. The van der Waals surface area contributed by atoms with Crippen molar-refractivity contribution in [2.75, 3.05) is 0 Å². The van der Waals surface area contributed by atoms with Crippen LogP contribution in [-0.4, -0.2) is 26.7 Å². The molecule has 1 amide bonds. The molecule has 2 saturated carbocycles. The van der Waals surface area contributed by atoms with Crippen LogP contribution in [-0.2, 0) is 11.2 Å². The second kappa shape index (κ2) is 7.50. The van der Waals surface area contributed by atoms with Gasteiger partial charge in [0.1, 0.15) is 0 Å². The molecule has 2 fully saturated rings. The van der Waals surface area contributed by atoms with Crippen molar-refractivity contribution in [3.63, 3.8) is 0 Å². The maximum absolute atomic E-state index is 12.6. The van der Waals surface area contributed by atoms with Gasteiger partial charge in [-0.15, -0.1) is 0 Å². The fourth-order valence-electron chi connectivity index (χ4n) is 4.49. The number of fused-ring (bicyclic) bond motifs is 1. The minimum Gasteiger partial charge on any atom is -0.361 e. The number of benzene rings is 1. The van der Waals surface area contributed by atoms with Gasteiger partial charge in [0.05, 0.1) is 18.2 Å². The fraction of sp³-hybridized carbons (Fsp3) is 0.435. The van der Waals surface area contributed by atoms with E-state index in [0.717, 1.165) is 47.8 Å². The predicted octanol–water partition coefficient (Wildman–Crippen LogP) is 3.44. The van der Waals surface area contributed by atoms with Crippen LogP contribution < -0.4 is 10.9 Å². The Labute approximate surface area is 169 Å². The third kappa shape index (κ3) is 3.84. The Morgan fingerprint density at radius 3 is 2.66 bits per heavy atom. The maximum Gasteiger partial charge on any atom is 0.267 e. The summed E-state index contributed by atoms with van der Waals surface area (Å²) in [5, 5.41) is 8.93. The number of carbonyl (C=O) groups excluding carboxylic acids is 1. The number of hydrogen-bond donors (Lipinski definition) is 2. The summed E-state index contributed by atoms with van der Waals surface area (Å²) in [5.74, 6) is 0.603. The van der Waals surface area contributed by atoms with Gasteiger partial charge in [0.15, 0.2) is 0 Å². The highest BCUT2D eigenvalue weighted by molar-refractivity contribution is 5.88. The van der Waals surface area contributed by atoms with Crippen LogP contribution in [0.5, 0.6) is 0 Å². The topological polar surface area (TPSA) is 79.8 Å². The van der Waals surface area contributed by atoms with Gasteiger partial charge in [-0.1, -0.05) is 18.2 Å². The normalized spacial score (nSPS) is 21.9. The van der Waals surface area contributed by atoms with Crippen LogP contribution in [0, 0.1) is 0 Å². The van der Waals surface area contributed by atoms with Gasteiger partial charge in [0.25, 0.3) is 5.56 Å². The fourth-order valence-corrected chi connectivity index (χ4v) is 4.49. The molecule has 6 nitrogen and oxygen atoms in total. The van der Waals surface area contributed by atoms with Crippen molar-refractivity contribution in [2.24, 2.45) is 0 Å². The number of para-hydroxylation sites is 1. The van der Waals surface area contributed by atoms with Crippen LogP contribution in [0.3, 0.4) is 0 Å². The van der Waals surface area contributed by atoms with Crippen LogP contribution in [0.25, 0.3) is 10.9 Å². The molecule has 2 N–H and O–H groups in total. The van der Waals surface area contributed by atoms with E-state index < -0.39 is 0 Å². The van der Waals surface area contributed by atoms with Crippen LogP contribution in [0.4, 0.5) is 0 Å². The van der Waals surface area contributed by atoms with E-state index in [4.69, 9.17) is 0 Å². The summed E-state index contributed by atoms with van der Waals surface area (Å²) in [7, 11) is 0. The molecule has 3 aromatic rings. The second-order valence-corrected chi connectivity index (χ2v) is 8.42. The number of nitrogens with one attached hydrogen (secondary N) is 2. The monoisotopic (exact) mass is 390 g/mol. The van der Waals surface area contributed by atoms with Gasteiger partial charge < -0.3 is 10.3 Å². The molecule has 0 aliphatic heterocycles. The van der Waals surface area contributed by atoms with Crippen molar-refractivity contribution in [1.82, 2.24) is 20.1 Å². The number of aromatic amines is 1. The molecule has 1 aromatic carbocycles. The van der Waals surface area contributed by atoms with Crippen LogP contribution in [0.1, 0.15) is 61.7 Å². The summed E-state index contributed by atoms with van der Waals surface area (Å²) in [5.41, 5.74) is 3.13. The Balaban J connectivity index is 1.18. The average Bonchev–Trinajstić information content (AvgIpc) is 3.51. The van der Waals surface area contributed by atoms with Gasteiger partial charge in [-0.05, 0) is 56.2 Å². The highest BCUT2D eigenvalue weighted by Crippen LogP contribution is 2.38. The maximum atomic E-state index is 12.6. The van der Waals surface area contributed by atoms with Crippen molar-refractivity contribution < 1.29 is 4.79 Å². The molecule has 2 aliphatic rings. The molecule has 2 aliphatic carbocycles. The first-order chi connectivity index (χ1) is 14.2. The van der Waals surface area contributed by atoms with Crippen LogP contribution in [0.2, 0.25) is 0 Å². The summed E-state index contributed by atoms with van der Waals surface area (Å²) in [6.07, 6.45) is 8.18. The van der Waals surface area contributed by atoms with E-state index in [9.17, 15) is 9.59 Å². The summed E-state index contributed by atoms with van der Waals surface area (Å²) in [6.45, 7) is 0. The summed E-state index contributed by atoms with van der Waals surface area (Å²) >= 11 is 0. The molecule has 0 radical (unpaired) electrons. The van der Waals surface area contributed by atoms with Gasteiger partial charge >= 0.3 is 0 Å². The smallest absolute Gasteiger partial charge is 0.267 e. The SMILES string of the molecule is O=C(Cc1c[nH]c2ccccc12)NC1CCC(n2nc(C3CC3)ccc2=O)CC1. The lowest BCUT2D eigenvalue weighted by Crippen LogP contribution is -2.40. The third-order valence-electron chi connectivity index (χ3n) is 6.27. The zero-order chi connectivity index (χ0) is 19.8. The predicted molar refractivity (Wildman–Crippen MR) is 112 cm³/mol. The second-order valence-electron chi connectivity index (χ2n) is 8.42. The molecule has 29 heavy (non-hydrogen) atoms. The number of carbonyl (C=O) groups is 1. The Morgan fingerprint density at radius 2 is 1.86 bits per heavy atom. The Kier molecular flexibility index (Phi) is 4.70. The quantitative estimate of drug-likeness (QED) is 0.700. The van der Waals surface area contributed by atoms with Gasteiger partial charge in [-0.25, -0.2) is 4.68 Å². The zero-order valence-corrected chi connectivity index (χ0v) is 16.4. The Morgan fingerprint density at radius 1 is 1.07 bits per heavy atom. The average molecular weight is 390 g/mol. The molecule has 5 rings (SSSR count). The molecule has 2 heterocycles. The molecule has 0 saturated heterocycles. The van der Waals surface area contributed by atoms with E-state index >= 15 is 0 Å². The summed E-state index contributed by atoms with van der Waals surface area (Å²) in [4.78, 5) is 28.1. The van der Waals surface area contributed by atoms with E-state index in [1.165, 1.54) is 12.8 Å². The molecule has 0 bridgehead atoms. The number of aromatic nitrogens is 3. The van der Waals surface area contributed by atoms with Gasteiger partial charge in [0, 0.05) is 35.1 Å². The van der Waals surface area contributed by atoms with Crippen molar-refractivity contribution in [3.8, 4) is 0 Å². The Hall–Kier alpha value is -2.89. The highest BCUT2D eigenvalue weighted by atomic mass is 16.1. The molecule has 0 atom stereocenters. The third-order valence-corrected chi connectivity index (χ3v) is 6.27. The lowest BCUT2D eigenvalue weighted by Gasteiger charge is -2.29. The number of amides is 1. The van der Waals surface area contributed by atoms with Crippen molar-refractivity contribution >= 4 is 16.8 Å². The minimum absolute atomic E-state index is 0.0128. The lowest BCUT2D eigenvalue weighted by atomic mass is 9.91. The zero-order valence-electron chi connectivity index (χ0n) is 16.4. The van der Waals surface area contributed by atoms with Crippen molar-refractivity contribution in [2.45, 2.75) is 62.9 Å². The van der Waals surface area contributed by atoms with E-state index in [-0.39, 0.29) is 23.6 Å². The van der Waals surface area contributed by atoms with Crippen molar-refractivity contribution in [1.29, 1.82) is 0 Å². The molecule has 2 aromatic heterocycles. The molecule has 0 unspecified atom stereocenters. The highest BCUT2D eigenvalue weighted by Gasteiger charge is 2.28. The van der Waals surface area contributed by atoms with E-state index in [2.05, 4.69) is 15.4 Å². The van der Waals surface area contributed by atoms with Crippen molar-refractivity contribution in [3.05, 3.63) is 64.2 Å². The number of hydrogen-bond acceptors (Lipinski definition) is 3. The van der Waals surface area contributed by atoms with Crippen LogP contribution >= 0.6 is 0 Å². The van der Waals surface area contributed by atoms with Gasteiger partial charge in [-0.2, -0.15) is 5.10 Å². The molecular formula is C23H26N4O2. The minimum atomic E-state index is -0.0128. The molecule has 150 valence electrons. The number of rotatable bonds is 5. The Bertz CT molecular complexity index is 1090. The first-order valence-corrected chi connectivity index (χ1v) is 10.6. The van der Waals surface area contributed by atoms with Gasteiger partial charge in [0.2, 0.25) is 5.91 Å². The number of nitrogens with zero attached hydrogens (tertiary/aromatic N) is 2. The lowest BCUT2D eigenvalue weighted by molar-refractivity contribution is -0.121. The largest absolute Gasteiger partial charge is 0.361 e. The number of H-pyrrole nitrogens is 1. The van der Waals surface area contributed by atoms with E-state index in [1.54, 1.807) is 10.7 Å². The summed E-state index contributed by atoms with van der Waals surface area (Å²) in [6, 6.07) is 11.9. The summed E-state index contributed by atoms with van der Waals surface area (Å²) < 4.78 is 1.69.